The predicted molar refractivity (Wildman–Crippen MR) is 58.2 cm³/mol. The Morgan fingerprint density at radius 3 is 2.62 bits per heavy atom. The van der Waals surface area contributed by atoms with Gasteiger partial charge in [-0.25, -0.2) is 0 Å². The minimum absolute atomic E-state index is 0.509. The average molecular weight is 247 g/mol. The maximum absolute atomic E-state index is 5.71. The van der Waals surface area contributed by atoms with Crippen molar-refractivity contribution in [1.29, 1.82) is 0 Å². The van der Waals surface area contributed by atoms with Gasteiger partial charge in [-0.05, 0) is 43.4 Å². The molecule has 2 atom stereocenters. The van der Waals surface area contributed by atoms with Gasteiger partial charge in [-0.2, -0.15) is 0 Å². The van der Waals surface area contributed by atoms with E-state index in [1.807, 2.05) is 0 Å². The van der Waals surface area contributed by atoms with Crippen LogP contribution in [0.15, 0.2) is 0 Å². The van der Waals surface area contributed by atoms with Crippen molar-refractivity contribution >= 4 is 15.9 Å². The highest BCUT2D eigenvalue weighted by atomic mass is 79.9. The van der Waals surface area contributed by atoms with Crippen LogP contribution in [0.4, 0.5) is 0 Å². The second-order valence-electron chi connectivity index (χ2n) is 4.90. The van der Waals surface area contributed by atoms with Crippen molar-refractivity contribution in [2.24, 2.45) is 11.3 Å². The minimum Gasteiger partial charge on any atom is -0.378 e. The first-order chi connectivity index (χ1) is 6.24. The second-order valence-corrected chi connectivity index (χ2v) is 5.46. The standard InChI is InChI=1S/C11H19BrO/c1-11(8-12,9-4-5-9)7-10-3-2-6-13-10/h9-10H,2-8H2,1H3. The van der Waals surface area contributed by atoms with E-state index in [4.69, 9.17) is 4.74 Å². The van der Waals surface area contributed by atoms with Gasteiger partial charge in [0.1, 0.15) is 0 Å². The maximum Gasteiger partial charge on any atom is 0.0581 e. The van der Waals surface area contributed by atoms with Crippen molar-refractivity contribution in [3.8, 4) is 0 Å². The van der Waals surface area contributed by atoms with E-state index in [1.54, 1.807) is 0 Å². The first-order valence-corrected chi connectivity index (χ1v) is 6.54. The van der Waals surface area contributed by atoms with Crippen LogP contribution in [0.3, 0.4) is 0 Å². The zero-order valence-corrected chi connectivity index (χ0v) is 9.98. The lowest BCUT2D eigenvalue weighted by Gasteiger charge is -2.30. The molecule has 1 nitrogen and oxygen atoms in total. The monoisotopic (exact) mass is 246 g/mol. The highest BCUT2D eigenvalue weighted by Gasteiger charge is 2.42. The van der Waals surface area contributed by atoms with Gasteiger partial charge in [-0.15, -0.1) is 0 Å². The average Bonchev–Trinajstić information content (AvgIpc) is 2.88. The number of ether oxygens (including phenoxy) is 1. The molecule has 2 aliphatic rings. The lowest BCUT2D eigenvalue weighted by atomic mass is 9.81. The zero-order chi connectivity index (χ0) is 9.31. The molecule has 2 unspecified atom stereocenters. The number of hydrogen-bond donors (Lipinski definition) is 0. The molecule has 1 saturated heterocycles. The number of hydrogen-bond acceptors (Lipinski definition) is 1. The molecular formula is C11H19BrO. The van der Waals surface area contributed by atoms with Crippen LogP contribution in [-0.2, 0) is 4.74 Å². The SMILES string of the molecule is CC(CBr)(CC1CCCO1)C1CC1. The Bertz CT molecular complexity index is 173. The Morgan fingerprint density at radius 1 is 1.38 bits per heavy atom. The van der Waals surface area contributed by atoms with E-state index in [2.05, 4.69) is 22.9 Å². The molecule has 1 heterocycles. The van der Waals surface area contributed by atoms with Gasteiger partial charge in [-0.1, -0.05) is 22.9 Å². The number of halogens is 1. The maximum atomic E-state index is 5.71. The van der Waals surface area contributed by atoms with Gasteiger partial charge in [0.2, 0.25) is 0 Å². The highest BCUT2D eigenvalue weighted by Crippen LogP contribution is 2.50. The third kappa shape index (κ3) is 2.27. The van der Waals surface area contributed by atoms with Gasteiger partial charge < -0.3 is 4.74 Å². The molecular weight excluding hydrogens is 228 g/mol. The first-order valence-electron chi connectivity index (χ1n) is 5.42. The lowest BCUT2D eigenvalue weighted by molar-refractivity contribution is 0.0666. The quantitative estimate of drug-likeness (QED) is 0.692. The van der Waals surface area contributed by atoms with Gasteiger partial charge in [-0.3, -0.25) is 0 Å². The van der Waals surface area contributed by atoms with Gasteiger partial charge >= 0.3 is 0 Å². The molecule has 0 aromatic heterocycles. The van der Waals surface area contributed by atoms with Crippen LogP contribution in [0.2, 0.25) is 0 Å². The molecule has 0 spiro atoms. The topological polar surface area (TPSA) is 9.23 Å². The van der Waals surface area contributed by atoms with Crippen LogP contribution in [0.25, 0.3) is 0 Å². The highest BCUT2D eigenvalue weighted by molar-refractivity contribution is 9.09. The molecule has 0 N–H and O–H groups in total. The van der Waals surface area contributed by atoms with Crippen LogP contribution in [0.5, 0.6) is 0 Å². The van der Waals surface area contributed by atoms with Crippen molar-refractivity contribution in [2.45, 2.75) is 45.1 Å². The third-order valence-corrected chi connectivity index (χ3v) is 4.87. The van der Waals surface area contributed by atoms with E-state index < -0.39 is 0 Å². The summed E-state index contributed by atoms with van der Waals surface area (Å²) in [6.07, 6.45) is 7.26. The molecule has 0 aromatic rings. The van der Waals surface area contributed by atoms with E-state index in [1.165, 1.54) is 32.1 Å². The van der Waals surface area contributed by atoms with Crippen LogP contribution in [-0.4, -0.2) is 18.0 Å². The number of alkyl halides is 1. The van der Waals surface area contributed by atoms with Crippen molar-refractivity contribution in [2.75, 3.05) is 11.9 Å². The van der Waals surface area contributed by atoms with Crippen molar-refractivity contribution in [3.05, 3.63) is 0 Å². The van der Waals surface area contributed by atoms with Gasteiger partial charge in [0, 0.05) is 11.9 Å². The van der Waals surface area contributed by atoms with Crippen LogP contribution in [0.1, 0.15) is 39.0 Å². The van der Waals surface area contributed by atoms with Crippen molar-refractivity contribution in [1.82, 2.24) is 0 Å². The molecule has 0 bridgehead atoms. The largest absolute Gasteiger partial charge is 0.378 e. The molecule has 2 heteroatoms. The summed E-state index contributed by atoms with van der Waals surface area (Å²) in [5.74, 6) is 0.969. The Kier molecular flexibility index (Phi) is 2.99. The summed E-state index contributed by atoms with van der Waals surface area (Å²) in [4.78, 5) is 0. The van der Waals surface area contributed by atoms with Gasteiger partial charge in [0.15, 0.2) is 0 Å². The summed E-state index contributed by atoms with van der Waals surface area (Å²) in [7, 11) is 0. The van der Waals surface area contributed by atoms with E-state index in [0.29, 0.717) is 11.5 Å². The molecule has 2 fully saturated rings. The van der Waals surface area contributed by atoms with Crippen molar-refractivity contribution in [3.63, 3.8) is 0 Å². The molecule has 1 aliphatic carbocycles. The predicted octanol–water partition coefficient (Wildman–Crippen LogP) is 3.37. The summed E-state index contributed by atoms with van der Waals surface area (Å²) >= 11 is 3.66. The Labute approximate surface area is 89.4 Å². The third-order valence-electron chi connectivity index (χ3n) is 3.59. The second kappa shape index (κ2) is 3.90. The molecule has 76 valence electrons. The molecule has 1 aliphatic heterocycles. The summed E-state index contributed by atoms with van der Waals surface area (Å²) in [6.45, 7) is 3.41. The molecule has 13 heavy (non-hydrogen) atoms. The fourth-order valence-electron chi connectivity index (χ4n) is 2.44. The van der Waals surface area contributed by atoms with Gasteiger partial charge in [0.05, 0.1) is 6.10 Å². The summed E-state index contributed by atoms with van der Waals surface area (Å²) in [5.41, 5.74) is 0.509. The molecule has 0 aromatic carbocycles. The van der Waals surface area contributed by atoms with Crippen molar-refractivity contribution < 1.29 is 4.74 Å². The molecule has 1 saturated carbocycles. The fraction of sp³-hybridized carbons (Fsp3) is 1.00. The fourth-order valence-corrected chi connectivity index (χ4v) is 3.12. The van der Waals surface area contributed by atoms with Crippen LogP contribution in [0, 0.1) is 11.3 Å². The molecule has 2 rings (SSSR count). The van der Waals surface area contributed by atoms with E-state index in [-0.39, 0.29) is 0 Å². The summed E-state index contributed by atoms with van der Waals surface area (Å²) in [5, 5.41) is 1.14. The zero-order valence-electron chi connectivity index (χ0n) is 8.39. The minimum atomic E-state index is 0.509. The molecule has 0 amide bonds. The summed E-state index contributed by atoms with van der Waals surface area (Å²) < 4.78 is 5.71. The van der Waals surface area contributed by atoms with E-state index in [9.17, 15) is 0 Å². The van der Waals surface area contributed by atoms with E-state index in [0.717, 1.165) is 17.9 Å². The van der Waals surface area contributed by atoms with Crippen LogP contribution < -0.4 is 0 Å². The Morgan fingerprint density at radius 2 is 2.15 bits per heavy atom. The number of rotatable bonds is 4. The van der Waals surface area contributed by atoms with E-state index >= 15 is 0 Å². The Balaban J connectivity index is 1.88. The van der Waals surface area contributed by atoms with Gasteiger partial charge in [0.25, 0.3) is 0 Å². The summed E-state index contributed by atoms with van der Waals surface area (Å²) in [6, 6.07) is 0. The van der Waals surface area contributed by atoms with Crippen LogP contribution >= 0.6 is 15.9 Å². The Hall–Kier alpha value is 0.440. The normalized spacial score (nSPS) is 33.2. The first kappa shape index (κ1) is 9.97. The lowest BCUT2D eigenvalue weighted by Crippen LogP contribution is -2.27. The molecule has 0 radical (unpaired) electrons. The smallest absolute Gasteiger partial charge is 0.0581 e.